The summed E-state index contributed by atoms with van der Waals surface area (Å²) in [6, 6.07) is 0.505. The van der Waals surface area contributed by atoms with E-state index in [-0.39, 0.29) is 12.1 Å². The van der Waals surface area contributed by atoms with Crippen molar-refractivity contribution in [2.24, 2.45) is 17.6 Å². The lowest BCUT2D eigenvalue weighted by Crippen LogP contribution is -2.46. The summed E-state index contributed by atoms with van der Waals surface area (Å²) in [5, 5.41) is 3.45. The van der Waals surface area contributed by atoms with Crippen molar-refractivity contribution in [2.75, 3.05) is 20.2 Å². The molecular weight excluding hydrogens is 254 g/mol. The molecule has 0 aromatic heterocycles. The van der Waals surface area contributed by atoms with Gasteiger partial charge in [0.1, 0.15) is 0 Å². The lowest BCUT2D eigenvalue weighted by molar-refractivity contribution is -0.131. The number of rotatable bonds is 4. The number of likely N-dealkylation sites (tertiary alicyclic amines) is 1. The molecule has 3 fully saturated rings. The molecule has 2 saturated carbocycles. The van der Waals surface area contributed by atoms with E-state index in [2.05, 4.69) is 5.32 Å². The number of nitrogens with two attached hydrogens (primary N) is 1. The Morgan fingerprint density at radius 1 is 1.30 bits per heavy atom. The zero-order valence-corrected chi connectivity index (χ0v) is 12.4. The molecule has 2 aliphatic carbocycles. The Kier molecular flexibility index (Phi) is 4.29. The van der Waals surface area contributed by atoms with Crippen LogP contribution < -0.4 is 11.1 Å². The van der Waals surface area contributed by atoms with E-state index in [0.717, 1.165) is 31.2 Å². The second kappa shape index (κ2) is 6.00. The number of fused-ring (bicyclic) bond motifs is 1. The zero-order valence-electron chi connectivity index (χ0n) is 12.4. The minimum Gasteiger partial charge on any atom is -0.381 e. The second-order valence-corrected chi connectivity index (χ2v) is 6.70. The highest BCUT2D eigenvalue weighted by Crippen LogP contribution is 2.44. The Balaban J connectivity index is 1.41. The standard InChI is InChI=1S/C15H27N3O2/c1-20-13-7-10-5-12(6-11(10)8-13)17-9-15(19)18-4-2-3-14(18)16/h10-14,17H,2-9,16H2,1H3/t10-,11+,12-,13-,14-/m0/s1. The van der Waals surface area contributed by atoms with Gasteiger partial charge in [-0.25, -0.2) is 0 Å². The smallest absolute Gasteiger partial charge is 0.237 e. The quantitative estimate of drug-likeness (QED) is 0.795. The summed E-state index contributed by atoms with van der Waals surface area (Å²) in [5.41, 5.74) is 5.93. The number of carbonyl (C=O) groups excluding carboxylic acids is 1. The Morgan fingerprint density at radius 3 is 2.55 bits per heavy atom. The first-order chi connectivity index (χ1) is 9.67. The van der Waals surface area contributed by atoms with Crippen LogP contribution in [0.5, 0.6) is 0 Å². The summed E-state index contributed by atoms with van der Waals surface area (Å²) in [7, 11) is 1.82. The van der Waals surface area contributed by atoms with Gasteiger partial charge in [-0.2, -0.15) is 0 Å². The van der Waals surface area contributed by atoms with Crippen molar-refractivity contribution >= 4 is 5.91 Å². The predicted molar refractivity (Wildman–Crippen MR) is 77.0 cm³/mol. The first-order valence-corrected chi connectivity index (χ1v) is 7.98. The molecule has 5 nitrogen and oxygen atoms in total. The monoisotopic (exact) mass is 281 g/mol. The molecule has 5 atom stereocenters. The molecule has 1 aliphatic heterocycles. The van der Waals surface area contributed by atoms with Gasteiger partial charge in [0.15, 0.2) is 0 Å². The van der Waals surface area contributed by atoms with Crippen LogP contribution in [0.2, 0.25) is 0 Å². The third kappa shape index (κ3) is 2.85. The van der Waals surface area contributed by atoms with E-state index < -0.39 is 0 Å². The van der Waals surface area contributed by atoms with Gasteiger partial charge in [0.25, 0.3) is 0 Å². The summed E-state index contributed by atoms with van der Waals surface area (Å²) >= 11 is 0. The second-order valence-electron chi connectivity index (χ2n) is 6.70. The summed E-state index contributed by atoms with van der Waals surface area (Å²) < 4.78 is 5.47. The molecule has 1 saturated heterocycles. The molecule has 5 heteroatoms. The minimum atomic E-state index is -0.0604. The number of nitrogens with one attached hydrogen (secondary N) is 1. The van der Waals surface area contributed by atoms with Gasteiger partial charge in [-0.1, -0.05) is 0 Å². The summed E-state index contributed by atoms with van der Waals surface area (Å²) in [6.45, 7) is 1.28. The highest BCUT2D eigenvalue weighted by atomic mass is 16.5. The third-order valence-corrected chi connectivity index (χ3v) is 5.47. The molecule has 3 aliphatic rings. The van der Waals surface area contributed by atoms with Gasteiger partial charge in [-0.3, -0.25) is 4.79 Å². The zero-order chi connectivity index (χ0) is 14.1. The van der Waals surface area contributed by atoms with Crippen LogP contribution in [0.15, 0.2) is 0 Å². The van der Waals surface area contributed by atoms with Crippen LogP contribution in [-0.4, -0.2) is 49.3 Å². The van der Waals surface area contributed by atoms with Gasteiger partial charge in [-0.05, 0) is 50.4 Å². The van der Waals surface area contributed by atoms with Gasteiger partial charge >= 0.3 is 0 Å². The number of ether oxygens (including phenoxy) is 1. The van der Waals surface area contributed by atoms with E-state index in [0.29, 0.717) is 18.7 Å². The molecule has 3 rings (SSSR count). The number of hydrogen-bond donors (Lipinski definition) is 2. The van der Waals surface area contributed by atoms with Crippen molar-refractivity contribution in [1.82, 2.24) is 10.2 Å². The SMILES string of the molecule is CO[C@@H]1C[C@H]2C[C@@H](NCC(=O)N3CCC[C@H]3N)C[C@H]2C1. The molecule has 0 bridgehead atoms. The van der Waals surface area contributed by atoms with Crippen LogP contribution in [-0.2, 0) is 9.53 Å². The Labute approximate surface area is 121 Å². The molecule has 1 amide bonds. The van der Waals surface area contributed by atoms with Crippen molar-refractivity contribution in [3.63, 3.8) is 0 Å². The van der Waals surface area contributed by atoms with E-state index in [1.54, 1.807) is 0 Å². The average molecular weight is 281 g/mol. The molecule has 0 radical (unpaired) electrons. The molecule has 0 spiro atoms. The maximum atomic E-state index is 12.1. The molecule has 3 N–H and O–H groups in total. The molecule has 0 aromatic rings. The van der Waals surface area contributed by atoms with Crippen LogP contribution in [0, 0.1) is 11.8 Å². The van der Waals surface area contributed by atoms with Crippen molar-refractivity contribution < 1.29 is 9.53 Å². The molecular formula is C15H27N3O2. The van der Waals surface area contributed by atoms with Crippen LogP contribution in [0.1, 0.15) is 38.5 Å². The van der Waals surface area contributed by atoms with E-state index in [1.807, 2.05) is 12.0 Å². The Morgan fingerprint density at radius 2 is 2.00 bits per heavy atom. The van der Waals surface area contributed by atoms with Crippen molar-refractivity contribution in [3.8, 4) is 0 Å². The third-order valence-electron chi connectivity index (χ3n) is 5.47. The minimum absolute atomic E-state index is 0.0604. The van der Waals surface area contributed by atoms with Gasteiger partial charge in [-0.15, -0.1) is 0 Å². The van der Waals surface area contributed by atoms with Crippen LogP contribution >= 0.6 is 0 Å². The fraction of sp³-hybridized carbons (Fsp3) is 0.933. The van der Waals surface area contributed by atoms with Crippen molar-refractivity contribution in [2.45, 2.75) is 56.8 Å². The van der Waals surface area contributed by atoms with Crippen LogP contribution in [0.4, 0.5) is 0 Å². The number of nitrogens with zero attached hydrogens (tertiary/aromatic N) is 1. The van der Waals surface area contributed by atoms with Gasteiger partial charge in [0, 0.05) is 19.7 Å². The van der Waals surface area contributed by atoms with Crippen molar-refractivity contribution in [3.05, 3.63) is 0 Å². The van der Waals surface area contributed by atoms with Gasteiger partial charge in [0.2, 0.25) is 5.91 Å². The fourth-order valence-corrected chi connectivity index (χ4v) is 4.36. The predicted octanol–water partition coefficient (Wildman–Crippen LogP) is 0.687. The number of hydrogen-bond acceptors (Lipinski definition) is 4. The maximum Gasteiger partial charge on any atom is 0.237 e. The van der Waals surface area contributed by atoms with E-state index in [9.17, 15) is 4.79 Å². The first kappa shape index (κ1) is 14.3. The molecule has 1 heterocycles. The number of amides is 1. The first-order valence-electron chi connectivity index (χ1n) is 7.98. The Hall–Kier alpha value is -0.650. The summed E-state index contributed by atoms with van der Waals surface area (Å²) in [4.78, 5) is 13.9. The molecule has 20 heavy (non-hydrogen) atoms. The van der Waals surface area contributed by atoms with Crippen molar-refractivity contribution in [1.29, 1.82) is 0 Å². The van der Waals surface area contributed by atoms with Crippen LogP contribution in [0.3, 0.4) is 0 Å². The van der Waals surface area contributed by atoms with E-state index >= 15 is 0 Å². The Bertz CT molecular complexity index is 349. The van der Waals surface area contributed by atoms with Gasteiger partial charge in [0.05, 0.1) is 18.8 Å². The highest BCUT2D eigenvalue weighted by molar-refractivity contribution is 5.78. The molecule has 0 unspecified atom stereocenters. The largest absolute Gasteiger partial charge is 0.381 e. The normalized spacial score (nSPS) is 40.3. The molecule has 0 aromatic carbocycles. The topological polar surface area (TPSA) is 67.6 Å². The number of methoxy groups -OCH3 is 1. The summed E-state index contributed by atoms with van der Waals surface area (Å²) in [6.07, 6.45) is 7.18. The maximum absolute atomic E-state index is 12.1. The number of carbonyl (C=O) groups is 1. The van der Waals surface area contributed by atoms with Gasteiger partial charge < -0.3 is 20.7 Å². The van der Waals surface area contributed by atoms with E-state index in [4.69, 9.17) is 10.5 Å². The average Bonchev–Trinajstić information content (AvgIpc) is 3.09. The lowest BCUT2D eigenvalue weighted by Gasteiger charge is -2.23. The summed E-state index contributed by atoms with van der Waals surface area (Å²) in [5.74, 6) is 1.75. The fourth-order valence-electron chi connectivity index (χ4n) is 4.36. The highest BCUT2D eigenvalue weighted by Gasteiger charge is 2.41. The lowest BCUT2D eigenvalue weighted by atomic mass is 10.0. The van der Waals surface area contributed by atoms with Crippen LogP contribution in [0.25, 0.3) is 0 Å². The van der Waals surface area contributed by atoms with E-state index in [1.165, 1.54) is 25.7 Å². The molecule has 114 valence electrons.